The van der Waals surface area contributed by atoms with E-state index in [1.54, 1.807) is 0 Å². The second kappa shape index (κ2) is 9.77. The fourth-order valence-corrected chi connectivity index (χ4v) is 4.11. The zero-order chi connectivity index (χ0) is 23.4. The van der Waals surface area contributed by atoms with Crippen LogP contribution in [0.2, 0.25) is 0 Å². The standard InChI is InChI=1S/C27H33N3O3/c1-5-23(32-22-15-12-18-8-6-7-9-20(18)16-22)26(31)28-17-24-29-25(30-33-24)19-10-13-21(14-11-19)27(2,3)4/h10-16,23H,5-9,17H2,1-4H3,(H,28,31). The number of rotatable bonds is 7. The maximum atomic E-state index is 12.7. The van der Waals surface area contributed by atoms with Gasteiger partial charge in [0.2, 0.25) is 11.7 Å². The maximum Gasteiger partial charge on any atom is 0.261 e. The normalized spacial score (nSPS) is 14.4. The van der Waals surface area contributed by atoms with Crippen LogP contribution >= 0.6 is 0 Å². The number of aromatic nitrogens is 2. The van der Waals surface area contributed by atoms with Crippen LogP contribution in [0.15, 0.2) is 47.0 Å². The third-order valence-corrected chi connectivity index (χ3v) is 6.15. The zero-order valence-corrected chi connectivity index (χ0v) is 20.0. The number of amides is 1. The molecule has 0 saturated carbocycles. The van der Waals surface area contributed by atoms with Gasteiger partial charge in [-0.1, -0.05) is 63.2 Å². The van der Waals surface area contributed by atoms with Crippen LogP contribution in [-0.2, 0) is 29.6 Å². The summed E-state index contributed by atoms with van der Waals surface area (Å²) < 4.78 is 11.4. The minimum absolute atomic E-state index is 0.0855. The Balaban J connectivity index is 1.34. The quantitative estimate of drug-likeness (QED) is 0.526. The highest BCUT2D eigenvalue weighted by atomic mass is 16.5. The summed E-state index contributed by atoms with van der Waals surface area (Å²) in [6, 6.07) is 14.3. The summed E-state index contributed by atoms with van der Waals surface area (Å²) in [7, 11) is 0. The Hall–Kier alpha value is -3.15. The second-order valence-electron chi connectivity index (χ2n) is 9.71. The van der Waals surface area contributed by atoms with Crippen molar-refractivity contribution in [1.82, 2.24) is 15.5 Å². The number of carbonyl (C=O) groups excluding carboxylic acids is 1. The molecule has 1 aromatic heterocycles. The second-order valence-corrected chi connectivity index (χ2v) is 9.71. The molecule has 0 aliphatic heterocycles. The number of ether oxygens (including phenoxy) is 1. The molecule has 174 valence electrons. The van der Waals surface area contributed by atoms with Gasteiger partial charge in [-0.15, -0.1) is 0 Å². The molecule has 1 aliphatic rings. The first-order valence-corrected chi connectivity index (χ1v) is 11.8. The van der Waals surface area contributed by atoms with E-state index in [1.165, 1.54) is 29.5 Å². The third kappa shape index (κ3) is 5.62. The molecule has 0 fully saturated rings. The van der Waals surface area contributed by atoms with E-state index in [9.17, 15) is 4.79 Å². The van der Waals surface area contributed by atoms with Crippen molar-refractivity contribution >= 4 is 5.91 Å². The van der Waals surface area contributed by atoms with Gasteiger partial charge in [0.1, 0.15) is 5.75 Å². The Bertz CT molecular complexity index is 1100. The van der Waals surface area contributed by atoms with Crippen molar-refractivity contribution in [3.8, 4) is 17.1 Å². The van der Waals surface area contributed by atoms with Gasteiger partial charge in [0.25, 0.3) is 5.91 Å². The van der Waals surface area contributed by atoms with E-state index in [0.717, 1.165) is 24.2 Å². The lowest BCUT2D eigenvalue weighted by atomic mass is 9.87. The Labute approximate surface area is 195 Å². The number of hydrogen-bond acceptors (Lipinski definition) is 5. The van der Waals surface area contributed by atoms with Crippen LogP contribution in [-0.4, -0.2) is 22.2 Å². The molecule has 4 rings (SSSR count). The summed E-state index contributed by atoms with van der Waals surface area (Å²) in [5, 5.41) is 6.93. The van der Waals surface area contributed by atoms with Crippen molar-refractivity contribution < 1.29 is 14.1 Å². The van der Waals surface area contributed by atoms with E-state index in [0.29, 0.717) is 18.1 Å². The molecule has 0 spiro atoms. The first kappa shape index (κ1) is 23.0. The van der Waals surface area contributed by atoms with E-state index < -0.39 is 6.10 Å². The topological polar surface area (TPSA) is 77.2 Å². The Morgan fingerprint density at radius 3 is 2.52 bits per heavy atom. The molecule has 3 aromatic rings. The first-order valence-electron chi connectivity index (χ1n) is 11.8. The number of benzene rings is 2. The largest absolute Gasteiger partial charge is 0.481 e. The molecule has 2 aromatic carbocycles. The summed E-state index contributed by atoms with van der Waals surface area (Å²) >= 11 is 0. The molecular formula is C27H33N3O3. The van der Waals surface area contributed by atoms with Gasteiger partial charge in [-0.25, -0.2) is 0 Å². The molecule has 1 atom stereocenters. The smallest absolute Gasteiger partial charge is 0.261 e. The van der Waals surface area contributed by atoms with Crippen molar-refractivity contribution in [2.45, 2.75) is 77.9 Å². The summed E-state index contributed by atoms with van der Waals surface area (Å²) in [6.07, 6.45) is 4.65. The van der Waals surface area contributed by atoms with Gasteiger partial charge in [0.15, 0.2) is 6.10 Å². The highest BCUT2D eigenvalue weighted by molar-refractivity contribution is 5.81. The van der Waals surface area contributed by atoms with Crippen molar-refractivity contribution in [3.05, 3.63) is 65.0 Å². The average molecular weight is 448 g/mol. The van der Waals surface area contributed by atoms with E-state index in [1.807, 2.05) is 25.1 Å². The number of fused-ring (bicyclic) bond motifs is 1. The van der Waals surface area contributed by atoms with E-state index >= 15 is 0 Å². The fraction of sp³-hybridized carbons (Fsp3) is 0.444. The van der Waals surface area contributed by atoms with Gasteiger partial charge < -0.3 is 14.6 Å². The van der Waals surface area contributed by atoms with Crippen molar-refractivity contribution in [2.24, 2.45) is 0 Å². The number of carbonyl (C=O) groups is 1. The lowest BCUT2D eigenvalue weighted by Gasteiger charge is -2.20. The molecule has 0 saturated heterocycles. The summed E-state index contributed by atoms with van der Waals surface area (Å²) in [5.74, 6) is 1.43. The van der Waals surface area contributed by atoms with E-state index in [2.05, 4.69) is 60.5 Å². The van der Waals surface area contributed by atoms with Crippen molar-refractivity contribution in [2.75, 3.05) is 0 Å². The van der Waals surface area contributed by atoms with Crippen LogP contribution in [0.25, 0.3) is 11.4 Å². The molecule has 1 N–H and O–H groups in total. The predicted molar refractivity (Wildman–Crippen MR) is 128 cm³/mol. The summed E-state index contributed by atoms with van der Waals surface area (Å²) in [6.45, 7) is 8.63. The Morgan fingerprint density at radius 1 is 1.09 bits per heavy atom. The molecule has 0 radical (unpaired) electrons. The van der Waals surface area contributed by atoms with Crippen LogP contribution in [0, 0.1) is 0 Å². The first-order chi connectivity index (χ1) is 15.8. The van der Waals surface area contributed by atoms with Crippen LogP contribution in [0.3, 0.4) is 0 Å². The summed E-state index contributed by atoms with van der Waals surface area (Å²) in [5.41, 5.74) is 4.94. The highest BCUT2D eigenvalue weighted by Crippen LogP contribution is 2.27. The van der Waals surface area contributed by atoms with Gasteiger partial charge in [-0.05, 0) is 66.3 Å². The molecule has 1 amide bonds. The molecule has 33 heavy (non-hydrogen) atoms. The number of nitrogens with zero attached hydrogens (tertiary/aromatic N) is 2. The SMILES string of the molecule is CCC(Oc1ccc2c(c1)CCCC2)C(=O)NCc1nc(-c2ccc(C(C)(C)C)cc2)no1. The molecule has 0 bridgehead atoms. The van der Waals surface area contributed by atoms with E-state index in [4.69, 9.17) is 9.26 Å². The van der Waals surface area contributed by atoms with Crippen molar-refractivity contribution in [1.29, 1.82) is 0 Å². The molecule has 6 heteroatoms. The van der Waals surface area contributed by atoms with Crippen LogP contribution in [0.1, 0.15) is 69.5 Å². The number of hydrogen-bond donors (Lipinski definition) is 1. The molecule has 1 unspecified atom stereocenters. The average Bonchev–Trinajstić information content (AvgIpc) is 3.29. The van der Waals surface area contributed by atoms with Gasteiger partial charge in [0, 0.05) is 5.56 Å². The lowest BCUT2D eigenvalue weighted by molar-refractivity contribution is -0.128. The van der Waals surface area contributed by atoms with Crippen molar-refractivity contribution in [3.63, 3.8) is 0 Å². The Kier molecular flexibility index (Phi) is 6.82. The summed E-state index contributed by atoms with van der Waals surface area (Å²) in [4.78, 5) is 17.2. The Morgan fingerprint density at radius 2 is 1.82 bits per heavy atom. The third-order valence-electron chi connectivity index (χ3n) is 6.15. The highest BCUT2D eigenvalue weighted by Gasteiger charge is 2.21. The van der Waals surface area contributed by atoms with Crippen LogP contribution < -0.4 is 10.1 Å². The lowest BCUT2D eigenvalue weighted by Crippen LogP contribution is -2.37. The molecule has 6 nitrogen and oxygen atoms in total. The van der Waals surface area contributed by atoms with Gasteiger partial charge in [0.05, 0.1) is 6.54 Å². The fourth-order valence-electron chi connectivity index (χ4n) is 4.11. The minimum Gasteiger partial charge on any atom is -0.481 e. The number of nitrogens with one attached hydrogen (secondary N) is 1. The minimum atomic E-state index is -0.570. The van der Waals surface area contributed by atoms with Crippen LogP contribution in [0.5, 0.6) is 5.75 Å². The van der Waals surface area contributed by atoms with Gasteiger partial charge >= 0.3 is 0 Å². The number of aryl methyl sites for hydroxylation is 2. The van der Waals surface area contributed by atoms with Gasteiger partial charge in [-0.2, -0.15) is 4.98 Å². The zero-order valence-electron chi connectivity index (χ0n) is 20.0. The molecular weight excluding hydrogens is 414 g/mol. The predicted octanol–water partition coefficient (Wildman–Crippen LogP) is 5.39. The monoisotopic (exact) mass is 447 g/mol. The maximum absolute atomic E-state index is 12.7. The van der Waals surface area contributed by atoms with Crippen LogP contribution in [0.4, 0.5) is 0 Å². The molecule has 1 heterocycles. The van der Waals surface area contributed by atoms with Gasteiger partial charge in [-0.3, -0.25) is 4.79 Å². The van der Waals surface area contributed by atoms with E-state index in [-0.39, 0.29) is 17.9 Å². The molecule has 1 aliphatic carbocycles.